The van der Waals surface area contributed by atoms with Gasteiger partial charge in [0.15, 0.2) is 0 Å². The highest BCUT2D eigenvalue weighted by molar-refractivity contribution is 6.43. The third kappa shape index (κ3) is 7.18. The molecule has 3 amide bonds. The van der Waals surface area contributed by atoms with Gasteiger partial charge < -0.3 is 30.7 Å². The fourth-order valence-electron chi connectivity index (χ4n) is 5.90. The molecule has 1 aliphatic heterocycles. The van der Waals surface area contributed by atoms with Crippen molar-refractivity contribution >= 4 is 35.6 Å². The van der Waals surface area contributed by atoms with Gasteiger partial charge in [0.2, 0.25) is 11.8 Å². The molecule has 1 saturated heterocycles. The average Bonchev–Trinajstić information content (AvgIpc) is 3.32. The lowest BCUT2D eigenvalue weighted by atomic mass is 9.73. The molecular weight excluding hydrogens is 497 g/mol. The van der Waals surface area contributed by atoms with Crippen LogP contribution in [0.15, 0.2) is 42.5 Å². The van der Waals surface area contributed by atoms with Crippen LogP contribution in [0.4, 0.5) is 0 Å². The Hall–Kier alpha value is -2.95. The van der Waals surface area contributed by atoms with E-state index in [2.05, 4.69) is 10.6 Å². The van der Waals surface area contributed by atoms with Gasteiger partial charge in [0.25, 0.3) is 5.91 Å². The van der Waals surface area contributed by atoms with Crippen molar-refractivity contribution in [1.29, 1.82) is 0 Å². The normalized spacial score (nSPS) is 21.5. The number of nitrogens with one attached hydrogen (secondary N) is 2. The zero-order valence-electron chi connectivity index (χ0n) is 22.8. The zero-order chi connectivity index (χ0) is 28.1. The van der Waals surface area contributed by atoms with E-state index in [1.54, 1.807) is 26.0 Å². The number of aliphatic hydroxyl groups excluding tert-OH is 1. The Labute approximate surface area is 230 Å². The third-order valence-corrected chi connectivity index (χ3v) is 8.12. The molecule has 2 aromatic carbocycles. The van der Waals surface area contributed by atoms with Crippen LogP contribution in [0, 0.1) is 11.8 Å². The van der Waals surface area contributed by atoms with Crippen molar-refractivity contribution in [2.75, 3.05) is 6.54 Å². The van der Waals surface area contributed by atoms with Crippen LogP contribution in [0.5, 0.6) is 0 Å². The molecule has 1 heterocycles. The zero-order valence-corrected chi connectivity index (χ0v) is 22.8. The first kappa shape index (κ1) is 29.0. The second kappa shape index (κ2) is 12.9. The lowest BCUT2D eigenvalue weighted by molar-refractivity contribution is -0.140. The predicted octanol–water partition coefficient (Wildman–Crippen LogP) is 2.02. The number of amides is 3. The van der Waals surface area contributed by atoms with Gasteiger partial charge in [0.05, 0.1) is 12.0 Å². The molecule has 39 heavy (non-hydrogen) atoms. The first-order chi connectivity index (χ1) is 18.6. The minimum atomic E-state index is -1.76. The van der Waals surface area contributed by atoms with Crippen LogP contribution in [0.2, 0.25) is 0 Å². The molecule has 210 valence electrons. The third-order valence-electron chi connectivity index (χ3n) is 8.12. The van der Waals surface area contributed by atoms with Gasteiger partial charge in [-0.1, -0.05) is 76.3 Å². The summed E-state index contributed by atoms with van der Waals surface area (Å²) >= 11 is 0. The number of hydrogen-bond donors (Lipinski definition) is 5. The lowest BCUT2D eigenvalue weighted by Crippen LogP contribution is -2.57. The fourth-order valence-corrected chi connectivity index (χ4v) is 5.90. The summed E-state index contributed by atoms with van der Waals surface area (Å²) < 4.78 is 0. The first-order valence-electron chi connectivity index (χ1n) is 14.1. The number of carbonyl (C=O) groups is 3. The molecule has 0 aromatic heterocycles. The van der Waals surface area contributed by atoms with E-state index in [0.29, 0.717) is 12.0 Å². The van der Waals surface area contributed by atoms with Gasteiger partial charge in [-0.05, 0) is 41.2 Å². The molecule has 4 atom stereocenters. The maximum atomic E-state index is 13.9. The van der Waals surface area contributed by atoms with E-state index in [0.717, 1.165) is 42.9 Å². The fraction of sp³-hybridized carbons (Fsp3) is 0.552. The standard InChI is InChI=1S/C29H40BN3O6/c1-18(2)26(30(38)39)32-28(36)25-16-23(34)17-33(25)29(37)24(14-19-8-4-3-5-9-19)31-27(35)22-13-12-20-10-6-7-11-21(20)15-22/h6-7,10-13,15,18-19,23-26,34,38-39H,3-5,8-9,14,16-17H2,1-2H3,(H,31,35)(H,32,36)/t23-,24+,25-,26-/m0/s1. The molecule has 10 heteroatoms. The van der Waals surface area contributed by atoms with Crippen LogP contribution in [0.3, 0.4) is 0 Å². The number of nitrogens with zero attached hydrogens (tertiary/aromatic N) is 1. The predicted molar refractivity (Wildman–Crippen MR) is 149 cm³/mol. The topological polar surface area (TPSA) is 139 Å². The molecular formula is C29H40BN3O6. The number of benzene rings is 2. The summed E-state index contributed by atoms with van der Waals surface area (Å²) in [6.07, 6.45) is 4.89. The Kier molecular flexibility index (Phi) is 9.64. The Morgan fingerprint density at radius 3 is 2.36 bits per heavy atom. The quantitative estimate of drug-likeness (QED) is 0.310. The van der Waals surface area contributed by atoms with E-state index in [1.807, 2.05) is 30.3 Å². The monoisotopic (exact) mass is 537 g/mol. The van der Waals surface area contributed by atoms with Crippen molar-refractivity contribution in [3.05, 3.63) is 48.0 Å². The van der Waals surface area contributed by atoms with Crippen LogP contribution in [0.1, 0.15) is 69.2 Å². The molecule has 5 N–H and O–H groups in total. The van der Waals surface area contributed by atoms with E-state index in [9.17, 15) is 29.5 Å². The molecule has 0 bridgehead atoms. The summed E-state index contributed by atoms with van der Waals surface area (Å²) in [5.74, 6) is -2.22. The van der Waals surface area contributed by atoms with Gasteiger partial charge in [0, 0.05) is 18.5 Å². The van der Waals surface area contributed by atoms with Gasteiger partial charge in [-0.3, -0.25) is 14.4 Å². The van der Waals surface area contributed by atoms with Gasteiger partial charge in [-0.2, -0.15) is 0 Å². The van der Waals surface area contributed by atoms with Crippen molar-refractivity contribution in [2.45, 2.75) is 82.9 Å². The van der Waals surface area contributed by atoms with E-state index < -0.39 is 43.1 Å². The summed E-state index contributed by atoms with van der Waals surface area (Å²) in [7, 11) is -1.76. The molecule has 1 aliphatic carbocycles. The van der Waals surface area contributed by atoms with Crippen LogP contribution < -0.4 is 10.6 Å². The molecule has 0 spiro atoms. The van der Waals surface area contributed by atoms with Crippen LogP contribution in [-0.2, 0) is 9.59 Å². The molecule has 4 rings (SSSR count). The molecule has 2 aromatic rings. The van der Waals surface area contributed by atoms with Gasteiger partial charge in [-0.25, -0.2) is 0 Å². The van der Waals surface area contributed by atoms with Crippen LogP contribution in [-0.4, -0.2) is 75.6 Å². The average molecular weight is 537 g/mol. The maximum Gasteiger partial charge on any atom is 0.475 e. The first-order valence-corrected chi connectivity index (χ1v) is 14.1. The molecule has 0 unspecified atom stereocenters. The van der Waals surface area contributed by atoms with E-state index in [-0.39, 0.29) is 30.7 Å². The van der Waals surface area contributed by atoms with Crippen molar-refractivity contribution in [1.82, 2.24) is 15.5 Å². The van der Waals surface area contributed by atoms with Gasteiger partial charge in [-0.15, -0.1) is 0 Å². The molecule has 1 saturated carbocycles. The number of fused-ring (bicyclic) bond motifs is 1. The second-order valence-corrected chi connectivity index (χ2v) is 11.4. The number of hydrogen-bond acceptors (Lipinski definition) is 6. The largest absolute Gasteiger partial charge is 0.475 e. The smallest absolute Gasteiger partial charge is 0.426 e. The second-order valence-electron chi connectivity index (χ2n) is 11.4. The molecule has 2 aliphatic rings. The summed E-state index contributed by atoms with van der Waals surface area (Å²) in [5, 5.41) is 37.4. The highest BCUT2D eigenvalue weighted by Gasteiger charge is 2.43. The SMILES string of the molecule is CC(C)[C@H](NC(=O)[C@@H]1C[C@H](O)CN1C(=O)[C@@H](CC1CCCCC1)NC(=O)c1ccc2ccccc2c1)B(O)O. The van der Waals surface area contributed by atoms with Crippen LogP contribution >= 0.6 is 0 Å². The number of aliphatic hydroxyl groups is 1. The number of carbonyl (C=O) groups excluding carboxylic acids is 3. The Morgan fingerprint density at radius 1 is 1.00 bits per heavy atom. The lowest BCUT2D eigenvalue weighted by Gasteiger charge is -2.32. The highest BCUT2D eigenvalue weighted by atomic mass is 16.4. The van der Waals surface area contributed by atoms with Crippen LogP contribution in [0.25, 0.3) is 10.8 Å². The number of likely N-dealkylation sites (tertiary alicyclic amines) is 1. The Bertz CT molecular complexity index is 1160. The van der Waals surface area contributed by atoms with E-state index in [1.165, 1.54) is 4.90 Å². The maximum absolute atomic E-state index is 13.9. The van der Waals surface area contributed by atoms with Crippen molar-refractivity contribution < 1.29 is 29.5 Å². The molecule has 9 nitrogen and oxygen atoms in total. The molecule has 0 radical (unpaired) electrons. The summed E-state index contributed by atoms with van der Waals surface area (Å²) in [6, 6.07) is 11.3. The van der Waals surface area contributed by atoms with Crippen molar-refractivity contribution in [3.63, 3.8) is 0 Å². The molecule has 2 fully saturated rings. The summed E-state index contributed by atoms with van der Waals surface area (Å²) in [4.78, 5) is 41.8. The van der Waals surface area contributed by atoms with E-state index >= 15 is 0 Å². The van der Waals surface area contributed by atoms with Gasteiger partial charge in [0.1, 0.15) is 12.1 Å². The summed E-state index contributed by atoms with van der Waals surface area (Å²) in [6.45, 7) is 3.47. The van der Waals surface area contributed by atoms with E-state index in [4.69, 9.17) is 0 Å². The Balaban J connectivity index is 1.55. The minimum absolute atomic E-state index is 0.0298. The highest BCUT2D eigenvalue weighted by Crippen LogP contribution is 2.29. The van der Waals surface area contributed by atoms with Crippen molar-refractivity contribution in [2.24, 2.45) is 11.8 Å². The number of rotatable bonds is 9. The van der Waals surface area contributed by atoms with Gasteiger partial charge >= 0.3 is 7.12 Å². The Morgan fingerprint density at radius 2 is 1.69 bits per heavy atom. The summed E-state index contributed by atoms with van der Waals surface area (Å²) in [5.41, 5.74) is 0.447. The minimum Gasteiger partial charge on any atom is -0.426 e. The number of β-amino-alcohol motifs (C(OH)–C–C–N with tert-alkyl or cyclic N) is 1. The van der Waals surface area contributed by atoms with Crippen molar-refractivity contribution in [3.8, 4) is 0 Å².